The zero-order valence-electron chi connectivity index (χ0n) is 9.88. The second-order valence-electron chi connectivity index (χ2n) is 3.76. The number of ether oxygens (including phenoxy) is 1. The molecule has 0 aliphatic carbocycles. The summed E-state index contributed by atoms with van der Waals surface area (Å²) in [6.45, 7) is 0.591. The number of benzene rings is 1. The molecule has 1 aromatic carbocycles. The van der Waals surface area contributed by atoms with Crippen LogP contribution >= 0.6 is 0 Å². The molecule has 1 N–H and O–H groups in total. The van der Waals surface area contributed by atoms with Crippen molar-refractivity contribution in [1.82, 2.24) is 5.32 Å². The predicted octanol–water partition coefficient (Wildman–Crippen LogP) is 2.31. The molecule has 0 saturated carbocycles. The first-order valence-electron chi connectivity index (χ1n) is 5.41. The first-order valence-corrected chi connectivity index (χ1v) is 5.41. The fourth-order valence-corrected chi connectivity index (χ4v) is 1.39. The molecule has 18 heavy (non-hydrogen) atoms. The van der Waals surface area contributed by atoms with E-state index in [2.05, 4.69) is 10.1 Å². The molecule has 0 unspecified atom stereocenters. The molecule has 0 spiro atoms. The monoisotopic (exact) mass is 261 g/mol. The summed E-state index contributed by atoms with van der Waals surface area (Å²) in [4.78, 5) is 11.4. The van der Waals surface area contributed by atoms with Gasteiger partial charge in [0.15, 0.2) is 0 Å². The van der Waals surface area contributed by atoms with Crippen LogP contribution in [-0.2, 0) is 11.2 Å². The Kier molecular flexibility index (Phi) is 5.15. The molecule has 0 saturated heterocycles. The van der Waals surface area contributed by atoms with Gasteiger partial charge in [0.25, 0.3) is 0 Å². The molecule has 0 aliphatic rings. The van der Waals surface area contributed by atoms with E-state index < -0.39 is 6.36 Å². The van der Waals surface area contributed by atoms with Gasteiger partial charge in [0.05, 0.1) is 0 Å². The van der Waals surface area contributed by atoms with Gasteiger partial charge in [0.2, 0.25) is 0 Å². The second-order valence-corrected chi connectivity index (χ2v) is 3.76. The van der Waals surface area contributed by atoms with Gasteiger partial charge >= 0.3 is 6.36 Å². The van der Waals surface area contributed by atoms with Gasteiger partial charge in [-0.2, -0.15) is 0 Å². The lowest BCUT2D eigenvalue weighted by Crippen LogP contribution is -2.17. The van der Waals surface area contributed by atoms with Crippen LogP contribution in [0.15, 0.2) is 24.3 Å². The van der Waals surface area contributed by atoms with Crippen LogP contribution in [-0.4, -0.2) is 25.7 Å². The molecule has 3 nitrogen and oxygen atoms in total. The van der Waals surface area contributed by atoms with E-state index in [4.69, 9.17) is 0 Å². The van der Waals surface area contributed by atoms with Crippen LogP contribution in [0.5, 0.6) is 5.75 Å². The number of rotatable bonds is 6. The lowest BCUT2D eigenvalue weighted by atomic mass is 10.1. The summed E-state index contributed by atoms with van der Waals surface area (Å²) in [5, 5.41) is 2.85. The third-order valence-corrected chi connectivity index (χ3v) is 2.21. The largest absolute Gasteiger partial charge is 0.573 e. The van der Waals surface area contributed by atoms with Crippen molar-refractivity contribution in [2.45, 2.75) is 19.2 Å². The molecule has 0 bridgehead atoms. The van der Waals surface area contributed by atoms with E-state index in [1.54, 1.807) is 7.05 Å². The Labute approximate surface area is 103 Å². The van der Waals surface area contributed by atoms with E-state index in [-0.39, 0.29) is 18.0 Å². The number of alkyl halides is 3. The average Bonchev–Trinajstić information content (AvgIpc) is 2.27. The summed E-state index contributed by atoms with van der Waals surface area (Å²) in [6, 6.07) is 5.32. The maximum atomic E-state index is 11.9. The molecule has 6 heteroatoms. The lowest BCUT2D eigenvalue weighted by molar-refractivity contribution is -0.274. The molecule has 0 fully saturated rings. The normalized spacial score (nSPS) is 11.3. The van der Waals surface area contributed by atoms with Crippen LogP contribution < -0.4 is 10.1 Å². The van der Waals surface area contributed by atoms with Gasteiger partial charge in [-0.3, -0.25) is 4.79 Å². The fourth-order valence-electron chi connectivity index (χ4n) is 1.39. The Morgan fingerprint density at radius 1 is 1.28 bits per heavy atom. The average molecular weight is 261 g/mol. The van der Waals surface area contributed by atoms with Gasteiger partial charge in [-0.15, -0.1) is 13.2 Å². The maximum Gasteiger partial charge on any atom is 0.573 e. The predicted molar refractivity (Wildman–Crippen MR) is 60.4 cm³/mol. The van der Waals surface area contributed by atoms with Gasteiger partial charge in [-0.25, -0.2) is 0 Å². The molecule has 0 heterocycles. The Hall–Kier alpha value is -1.56. The van der Waals surface area contributed by atoms with Gasteiger partial charge < -0.3 is 10.1 Å². The minimum absolute atomic E-state index is 0.0360. The molecule has 100 valence electrons. The van der Waals surface area contributed by atoms with Crippen molar-refractivity contribution in [2.75, 3.05) is 13.6 Å². The lowest BCUT2D eigenvalue weighted by Gasteiger charge is -2.09. The quantitative estimate of drug-likeness (QED) is 0.854. The summed E-state index contributed by atoms with van der Waals surface area (Å²) in [7, 11) is 1.75. The molecule has 0 atom stereocenters. The smallest absolute Gasteiger partial charge is 0.406 e. The van der Waals surface area contributed by atoms with Crippen molar-refractivity contribution < 1.29 is 22.7 Å². The number of carbonyl (C=O) groups is 1. The Morgan fingerprint density at radius 2 is 1.89 bits per heavy atom. The number of carbonyl (C=O) groups excluding carboxylic acids is 1. The second kappa shape index (κ2) is 6.39. The van der Waals surface area contributed by atoms with Crippen LogP contribution in [0.1, 0.15) is 12.0 Å². The van der Waals surface area contributed by atoms with E-state index in [1.165, 1.54) is 24.3 Å². The summed E-state index contributed by atoms with van der Waals surface area (Å²) in [6.07, 6.45) is -4.07. The van der Waals surface area contributed by atoms with Crippen molar-refractivity contribution in [3.05, 3.63) is 29.8 Å². The molecule has 0 aliphatic heterocycles. The minimum atomic E-state index is -4.69. The van der Waals surface area contributed by atoms with E-state index in [1.807, 2.05) is 0 Å². The Balaban J connectivity index is 2.52. The number of halogens is 3. The van der Waals surface area contributed by atoms with Gasteiger partial charge in [-0.1, -0.05) is 12.1 Å². The molecule has 1 aromatic rings. The highest BCUT2D eigenvalue weighted by Gasteiger charge is 2.30. The Bertz CT molecular complexity index is 387. The first kappa shape index (κ1) is 14.5. The number of Topliss-reactive ketones (excluding diaryl/α,β-unsaturated/α-hetero) is 1. The van der Waals surface area contributed by atoms with Gasteiger partial charge in [-0.05, 0) is 24.7 Å². The van der Waals surface area contributed by atoms with Crippen molar-refractivity contribution >= 4 is 5.78 Å². The number of nitrogens with one attached hydrogen (secondary N) is 1. The van der Waals surface area contributed by atoms with Crippen LogP contribution in [0.25, 0.3) is 0 Å². The van der Waals surface area contributed by atoms with Gasteiger partial charge in [0, 0.05) is 19.4 Å². The maximum absolute atomic E-state index is 11.9. The zero-order chi connectivity index (χ0) is 13.6. The summed E-state index contributed by atoms with van der Waals surface area (Å²) < 4.78 is 39.5. The summed E-state index contributed by atoms with van der Waals surface area (Å²) >= 11 is 0. The molecule has 0 aromatic heterocycles. The standard InChI is InChI=1S/C12H14F3NO2/c1-16-7-6-10(17)8-9-2-4-11(5-3-9)18-12(13,14)15/h2-5,16H,6-8H2,1H3. The number of hydrogen-bond donors (Lipinski definition) is 1. The van der Waals surface area contributed by atoms with Crippen LogP contribution in [0.4, 0.5) is 13.2 Å². The SMILES string of the molecule is CNCCC(=O)Cc1ccc(OC(F)(F)F)cc1. The van der Waals surface area contributed by atoms with E-state index >= 15 is 0 Å². The summed E-state index contributed by atoms with van der Waals surface area (Å²) in [5.74, 6) is -0.247. The summed E-state index contributed by atoms with van der Waals surface area (Å²) in [5.41, 5.74) is 0.672. The van der Waals surface area contributed by atoms with Crippen molar-refractivity contribution in [1.29, 1.82) is 0 Å². The molecular formula is C12H14F3NO2. The fraction of sp³-hybridized carbons (Fsp3) is 0.417. The third kappa shape index (κ3) is 5.67. The minimum Gasteiger partial charge on any atom is -0.406 e. The first-order chi connectivity index (χ1) is 8.40. The topological polar surface area (TPSA) is 38.3 Å². The molecule has 1 rings (SSSR count). The molecular weight excluding hydrogens is 247 g/mol. The highest BCUT2D eigenvalue weighted by molar-refractivity contribution is 5.81. The number of hydrogen-bond acceptors (Lipinski definition) is 3. The van der Waals surface area contributed by atoms with Crippen LogP contribution in [0.2, 0.25) is 0 Å². The molecule has 0 amide bonds. The van der Waals surface area contributed by atoms with Crippen molar-refractivity contribution in [3.63, 3.8) is 0 Å². The van der Waals surface area contributed by atoms with Crippen LogP contribution in [0, 0.1) is 0 Å². The zero-order valence-corrected chi connectivity index (χ0v) is 9.88. The highest BCUT2D eigenvalue weighted by Crippen LogP contribution is 2.22. The van der Waals surface area contributed by atoms with E-state index in [9.17, 15) is 18.0 Å². The van der Waals surface area contributed by atoms with E-state index in [0.29, 0.717) is 18.5 Å². The van der Waals surface area contributed by atoms with E-state index in [0.717, 1.165) is 0 Å². The van der Waals surface area contributed by atoms with Crippen molar-refractivity contribution in [2.24, 2.45) is 0 Å². The number of ketones is 1. The highest BCUT2D eigenvalue weighted by atomic mass is 19.4. The van der Waals surface area contributed by atoms with Crippen molar-refractivity contribution in [3.8, 4) is 5.75 Å². The third-order valence-electron chi connectivity index (χ3n) is 2.21. The Morgan fingerprint density at radius 3 is 2.39 bits per heavy atom. The molecule has 0 radical (unpaired) electrons. The van der Waals surface area contributed by atoms with Gasteiger partial charge in [0.1, 0.15) is 11.5 Å². The van der Waals surface area contributed by atoms with Crippen LogP contribution in [0.3, 0.4) is 0 Å².